The largest absolute Gasteiger partial charge is 0.484 e. The van der Waals surface area contributed by atoms with Crippen LogP contribution in [0.5, 0.6) is 5.75 Å². The minimum atomic E-state index is -0.701. The van der Waals surface area contributed by atoms with Gasteiger partial charge < -0.3 is 19.5 Å². The molecule has 142 valence electrons. The lowest BCUT2D eigenvalue weighted by molar-refractivity contribution is -0.118. The van der Waals surface area contributed by atoms with Crippen molar-refractivity contribution in [2.24, 2.45) is 0 Å². The standard InChI is InChI=1S/C18H15ClFNO6/c1-25-17(23)10-3-5-12(18(24)26-2)15(7-10)21-16(22)9-27-11-4-6-14(20)13(19)8-11/h3-8H,9H2,1-2H3,(H,21,22). The number of carbonyl (C=O) groups is 3. The van der Waals surface area contributed by atoms with Crippen molar-refractivity contribution >= 4 is 35.1 Å². The van der Waals surface area contributed by atoms with Gasteiger partial charge in [-0.05, 0) is 30.3 Å². The summed E-state index contributed by atoms with van der Waals surface area (Å²) in [5.41, 5.74) is 0.227. The highest BCUT2D eigenvalue weighted by Gasteiger charge is 2.17. The van der Waals surface area contributed by atoms with Gasteiger partial charge in [-0.2, -0.15) is 0 Å². The zero-order valence-electron chi connectivity index (χ0n) is 14.4. The van der Waals surface area contributed by atoms with Gasteiger partial charge >= 0.3 is 11.9 Å². The van der Waals surface area contributed by atoms with Gasteiger partial charge in [0.2, 0.25) is 0 Å². The molecule has 0 aliphatic carbocycles. The molecule has 1 N–H and O–H groups in total. The van der Waals surface area contributed by atoms with Crippen LogP contribution in [0.1, 0.15) is 20.7 Å². The first-order valence-corrected chi connectivity index (χ1v) is 7.92. The second-order valence-corrected chi connectivity index (χ2v) is 5.56. The average molecular weight is 396 g/mol. The first-order chi connectivity index (χ1) is 12.8. The molecule has 0 saturated carbocycles. The van der Waals surface area contributed by atoms with E-state index in [9.17, 15) is 18.8 Å². The summed E-state index contributed by atoms with van der Waals surface area (Å²) < 4.78 is 27.6. The van der Waals surface area contributed by atoms with Gasteiger partial charge in [0.15, 0.2) is 6.61 Å². The number of hydrogen-bond donors (Lipinski definition) is 1. The normalized spacial score (nSPS) is 10.1. The molecule has 0 radical (unpaired) electrons. The van der Waals surface area contributed by atoms with Crippen molar-refractivity contribution in [2.75, 3.05) is 26.1 Å². The fraction of sp³-hybridized carbons (Fsp3) is 0.167. The van der Waals surface area contributed by atoms with E-state index < -0.39 is 30.3 Å². The van der Waals surface area contributed by atoms with Gasteiger partial charge in [-0.3, -0.25) is 4.79 Å². The summed E-state index contributed by atoms with van der Waals surface area (Å²) in [4.78, 5) is 35.6. The van der Waals surface area contributed by atoms with Gasteiger partial charge in [-0.1, -0.05) is 11.6 Å². The monoisotopic (exact) mass is 395 g/mol. The summed E-state index contributed by atoms with van der Waals surface area (Å²) in [6, 6.07) is 7.61. The van der Waals surface area contributed by atoms with Crippen LogP contribution >= 0.6 is 11.6 Å². The third kappa shape index (κ3) is 5.18. The van der Waals surface area contributed by atoms with Crippen LogP contribution in [0.25, 0.3) is 0 Å². The van der Waals surface area contributed by atoms with Gasteiger partial charge in [0.1, 0.15) is 11.6 Å². The summed E-state index contributed by atoms with van der Waals surface area (Å²) in [5.74, 6) is -2.39. The number of nitrogens with one attached hydrogen (secondary N) is 1. The van der Waals surface area contributed by atoms with E-state index in [0.29, 0.717) is 0 Å². The van der Waals surface area contributed by atoms with Crippen molar-refractivity contribution in [1.29, 1.82) is 0 Å². The first-order valence-electron chi connectivity index (χ1n) is 7.54. The van der Waals surface area contributed by atoms with Crippen molar-refractivity contribution in [2.45, 2.75) is 0 Å². The van der Waals surface area contributed by atoms with Crippen LogP contribution in [0, 0.1) is 5.82 Å². The Balaban J connectivity index is 2.15. The Morgan fingerprint density at radius 2 is 1.74 bits per heavy atom. The van der Waals surface area contributed by atoms with Crippen LogP contribution in [0.3, 0.4) is 0 Å². The number of esters is 2. The van der Waals surface area contributed by atoms with Crippen molar-refractivity contribution in [3.63, 3.8) is 0 Å². The molecule has 0 aliphatic heterocycles. The van der Waals surface area contributed by atoms with E-state index in [1.54, 1.807) is 0 Å². The lowest BCUT2D eigenvalue weighted by atomic mass is 10.1. The zero-order chi connectivity index (χ0) is 20.0. The molecule has 1 amide bonds. The van der Waals surface area contributed by atoms with Crippen LogP contribution in [0.4, 0.5) is 10.1 Å². The predicted molar refractivity (Wildman–Crippen MR) is 94.7 cm³/mol. The minimum absolute atomic E-state index is 0.0447. The van der Waals surface area contributed by atoms with E-state index in [-0.39, 0.29) is 27.6 Å². The Kier molecular flexibility index (Phi) is 6.73. The topological polar surface area (TPSA) is 90.9 Å². The molecular weight excluding hydrogens is 381 g/mol. The van der Waals surface area contributed by atoms with E-state index in [2.05, 4.69) is 14.8 Å². The number of halogens is 2. The van der Waals surface area contributed by atoms with E-state index >= 15 is 0 Å². The number of methoxy groups -OCH3 is 2. The molecule has 0 fully saturated rings. The van der Waals surface area contributed by atoms with Crippen LogP contribution in [0.15, 0.2) is 36.4 Å². The lowest BCUT2D eigenvalue weighted by Gasteiger charge is -2.12. The second kappa shape index (κ2) is 9.00. The molecule has 0 aromatic heterocycles. The van der Waals surface area contributed by atoms with Gasteiger partial charge in [-0.25, -0.2) is 14.0 Å². The Morgan fingerprint density at radius 1 is 1.04 bits per heavy atom. The van der Waals surface area contributed by atoms with Crippen molar-refractivity contribution < 1.29 is 33.0 Å². The average Bonchev–Trinajstić information content (AvgIpc) is 2.67. The lowest BCUT2D eigenvalue weighted by Crippen LogP contribution is -2.22. The Morgan fingerprint density at radius 3 is 2.37 bits per heavy atom. The van der Waals surface area contributed by atoms with Gasteiger partial charge in [0, 0.05) is 6.07 Å². The molecule has 0 unspecified atom stereocenters. The van der Waals surface area contributed by atoms with E-state index in [1.807, 2.05) is 0 Å². The maximum absolute atomic E-state index is 13.1. The molecule has 2 aromatic carbocycles. The number of amides is 1. The zero-order valence-corrected chi connectivity index (χ0v) is 15.1. The first kappa shape index (κ1) is 20.2. The maximum Gasteiger partial charge on any atom is 0.339 e. The van der Waals surface area contributed by atoms with Crippen molar-refractivity contribution in [3.05, 3.63) is 58.4 Å². The molecule has 7 nitrogen and oxygen atoms in total. The SMILES string of the molecule is COC(=O)c1ccc(C(=O)OC)c(NC(=O)COc2ccc(F)c(Cl)c2)c1. The number of anilines is 1. The summed E-state index contributed by atoms with van der Waals surface area (Å²) in [7, 11) is 2.39. The third-order valence-corrected chi connectivity index (χ3v) is 3.67. The molecule has 0 aliphatic rings. The number of benzene rings is 2. The summed E-state index contributed by atoms with van der Waals surface area (Å²) in [5, 5.41) is 2.32. The molecule has 0 saturated heterocycles. The molecule has 0 heterocycles. The quantitative estimate of drug-likeness (QED) is 0.756. The molecule has 9 heteroatoms. The molecule has 0 spiro atoms. The van der Waals surface area contributed by atoms with Crippen LogP contribution < -0.4 is 10.1 Å². The predicted octanol–water partition coefficient (Wildman–Crippen LogP) is 3.07. The maximum atomic E-state index is 13.1. The summed E-state index contributed by atoms with van der Waals surface area (Å²) in [6.45, 7) is -0.439. The highest BCUT2D eigenvalue weighted by Crippen LogP contribution is 2.22. The summed E-state index contributed by atoms with van der Waals surface area (Å²) >= 11 is 5.64. The molecule has 0 atom stereocenters. The highest BCUT2D eigenvalue weighted by molar-refractivity contribution is 6.30. The van der Waals surface area contributed by atoms with Crippen molar-refractivity contribution in [3.8, 4) is 5.75 Å². The third-order valence-electron chi connectivity index (χ3n) is 3.38. The van der Waals surface area contributed by atoms with E-state index in [0.717, 1.165) is 6.07 Å². The highest BCUT2D eigenvalue weighted by atomic mass is 35.5. The molecule has 2 aromatic rings. The summed E-state index contributed by atoms with van der Waals surface area (Å²) in [6.07, 6.45) is 0. The number of carbonyl (C=O) groups excluding carboxylic acids is 3. The van der Waals surface area contributed by atoms with E-state index in [1.165, 1.54) is 44.6 Å². The Labute approximate surface area is 159 Å². The van der Waals surface area contributed by atoms with E-state index in [4.69, 9.17) is 16.3 Å². The molecule has 27 heavy (non-hydrogen) atoms. The van der Waals surface area contributed by atoms with Crippen LogP contribution in [0.2, 0.25) is 5.02 Å². The Bertz CT molecular complexity index is 886. The van der Waals surface area contributed by atoms with Gasteiger partial charge in [0.25, 0.3) is 5.91 Å². The molecule has 0 bridgehead atoms. The number of ether oxygens (including phenoxy) is 3. The smallest absolute Gasteiger partial charge is 0.339 e. The second-order valence-electron chi connectivity index (χ2n) is 5.16. The fourth-order valence-corrected chi connectivity index (χ4v) is 2.25. The minimum Gasteiger partial charge on any atom is -0.484 e. The van der Waals surface area contributed by atoms with Crippen LogP contribution in [-0.2, 0) is 14.3 Å². The molecular formula is C18H15ClFNO6. The number of rotatable bonds is 6. The Hall–Kier alpha value is -3.13. The van der Waals surface area contributed by atoms with Gasteiger partial charge in [-0.15, -0.1) is 0 Å². The van der Waals surface area contributed by atoms with Crippen molar-refractivity contribution in [1.82, 2.24) is 0 Å². The fourth-order valence-electron chi connectivity index (χ4n) is 2.08. The van der Waals surface area contributed by atoms with Crippen LogP contribution in [-0.4, -0.2) is 38.7 Å². The molecule has 2 rings (SSSR count). The van der Waals surface area contributed by atoms with Gasteiger partial charge in [0.05, 0.1) is 36.1 Å². The number of hydrogen-bond acceptors (Lipinski definition) is 6.